The van der Waals surface area contributed by atoms with E-state index in [1.165, 1.54) is 6.92 Å². The number of aliphatic hydroxyl groups is 1. The number of allylic oxidation sites excluding steroid dienone is 1. The number of carbonyl (C=O) groups is 3. The van der Waals surface area contributed by atoms with E-state index in [4.69, 9.17) is 41.9 Å². The van der Waals surface area contributed by atoms with Gasteiger partial charge < -0.3 is 23.6 Å². The van der Waals surface area contributed by atoms with E-state index >= 15 is 4.39 Å². The van der Waals surface area contributed by atoms with Crippen LogP contribution >= 0.6 is 18.2 Å². The number of ketones is 1. The monoisotopic (exact) mass is 664 g/mol. The molecule has 16 heteroatoms. The van der Waals surface area contributed by atoms with Crippen molar-refractivity contribution in [2.45, 2.75) is 69.9 Å². The highest BCUT2D eigenvalue weighted by Gasteiger charge is 2.63. The molecule has 0 aromatic heterocycles. The highest BCUT2D eigenvalue weighted by atomic mass is 35.5. The number of hydrogen-bond acceptors (Lipinski definition) is 9. The van der Waals surface area contributed by atoms with Crippen LogP contribution < -0.4 is 9.61 Å². The van der Waals surface area contributed by atoms with Crippen molar-refractivity contribution in [3.63, 3.8) is 0 Å². The molecule has 0 spiro atoms. The summed E-state index contributed by atoms with van der Waals surface area (Å²) in [5.41, 5.74) is -3.13. The number of nitrogens with zero attached hydrogens (tertiary/aromatic N) is 1. The van der Waals surface area contributed by atoms with Crippen LogP contribution in [0.25, 0.3) is 10.8 Å². The standard InChI is InChI=1S/C27H29ClF3N2O8PS/c1-14(2)39-25(37)15(3)32-42(43,41-18-9-8-16-6-4-5-7-17(16)10-18)38-13-27(26(30)31)23(29)22(36)24(40-27)33-12-19(28)20(34)11-21(33)35/h4-10,12,14-15,22-24,26,36H,11,13H2,1-3H3,(H,32,43)/t15-,22+,23+,24+,27+,42?/m0/s1. The van der Waals surface area contributed by atoms with Crippen LogP contribution in [0.4, 0.5) is 13.2 Å². The number of ether oxygens (including phenoxy) is 2. The van der Waals surface area contributed by atoms with Gasteiger partial charge in [-0.25, -0.2) is 18.3 Å². The van der Waals surface area contributed by atoms with Crippen molar-refractivity contribution < 1.29 is 51.2 Å². The Morgan fingerprint density at radius 2 is 1.91 bits per heavy atom. The molecule has 2 aromatic carbocycles. The molecule has 2 aliphatic rings. The number of esters is 1. The van der Waals surface area contributed by atoms with Crippen molar-refractivity contribution in [2.75, 3.05) is 6.61 Å². The summed E-state index contributed by atoms with van der Waals surface area (Å²) in [6, 6.07) is 11.0. The Hall–Kier alpha value is -2.58. The van der Waals surface area contributed by atoms with Gasteiger partial charge >= 0.3 is 12.6 Å². The third-order valence-electron chi connectivity index (χ3n) is 6.62. The van der Waals surface area contributed by atoms with Crippen molar-refractivity contribution >= 4 is 58.5 Å². The van der Waals surface area contributed by atoms with Crippen LogP contribution in [0.1, 0.15) is 27.2 Å². The van der Waals surface area contributed by atoms with Crippen LogP contribution in [-0.2, 0) is 40.2 Å². The van der Waals surface area contributed by atoms with Gasteiger partial charge in [0.25, 0.3) is 6.43 Å². The molecule has 43 heavy (non-hydrogen) atoms. The third kappa shape index (κ3) is 7.22. The van der Waals surface area contributed by atoms with E-state index in [1.54, 1.807) is 44.2 Å². The summed E-state index contributed by atoms with van der Waals surface area (Å²) >= 11 is 11.4. The summed E-state index contributed by atoms with van der Waals surface area (Å²) in [7, 11) is 0. The molecule has 1 saturated heterocycles. The first-order valence-corrected chi connectivity index (χ1v) is 16.1. The fourth-order valence-electron chi connectivity index (χ4n) is 4.42. The van der Waals surface area contributed by atoms with Crippen molar-refractivity contribution in [1.29, 1.82) is 0 Å². The lowest BCUT2D eigenvalue weighted by atomic mass is 9.98. The van der Waals surface area contributed by atoms with Crippen LogP contribution in [0, 0.1) is 0 Å². The second-order valence-corrected chi connectivity index (χ2v) is 13.8. The SMILES string of the molecule is CC(C)OC(=O)[C@H](C)NP(=S)(OC[C@@]1(C(F)F)O[C@@H](N2C=C(Cl)C(=O)CC2=O)[C@H](O)[C@H]1F)Oc1ccc2ccccc2c1. The zero-order valence-corrected chi connectivity index (χ0v) is 25.6. The number of alkyl halides is 3. The van der Waals surface area contributed by atoms with Crippen LogP contribution in [0.3, 0.4) is 0 Å². The van der Waals surface area contributed by atoms with Gasteiger partial charge in [0.05, 0.1) is 19.1 Å². The van der Waals surface area contributed by atoms with Gasteiger partial charge in [-0.15, -0.1) is 0 Å². The molecular formula is C27H29ClF3N2O8PS. The van der Waals surface area contributed by atoms with E-state index in [-0.39, 0.29) is 5.75 Å². The first-order chi connectivity index (χ1) is 20.2. The number of Topliss-reactive ketones (excluding diaryl/α,β-unsaturated/α-hetero) is 1. The van der Waals surface area contributed by atoms with Gasteiger partial charge in [-0.2, -0.15) is 0 Å². The maximum atomic E-state index is 15.6. The molecule has 1 amide bonds. The fraction of sp³-hybridized carbons (Fsp3) is 0.444. The molecule has 2 aromatic rings. The number of halogens is 4. The Morgan fingerprint density at radius 3 is 2.56 bits per heavy atom. The van der Waals surface area contributed by atoms with Crippen molar-refractivity contribution in [3.8, 4) is 5.75 Å². The number of hydrogen-bond donors (Lipinski definition) is 2. The van der Waals surface area contributed by atoms with Gasteiger partial charge in [-0.3, -0.25) is 19.3 Å². The smallest absolute Gasteiger partial charge is 0.323 e. The van der Waals surface area contributed by atoms with E-state index < -0.39 is 85.0 Å². The van der Waals surface area contributed by atoms with E-state index in [1.807, 2.05) is 12.1 Å². The predicted molar refractivity (Wildman–Crippen MR) is 154 cm³/mol. The Morgan fingerprint density at radius 1 is 1.23 bits per heavy atom. The molecule has 0 bridgehead atoms. The molecule has 6 atom stereocenters. The third-order valence-corrected chi connectivity index (χ3v) is 9.41. The summed E-state index contributed by atoms with van der Waals surface area (Å²) in [6.45, 7) is -0.590. The summed E-state index contributed by atoms with van der Waals surface area (Å²) in [6.07, 6.45) is -11.1. The second kappa shape index (κ2) is 13.2. The lowest BCUT2D eigenvalue weighted by Gasteiger charge is -2.34. The average Bonchev–Trinajstić information content (AvgIpc) is 3.19. The summed E-state index contributed by atoms with van der Waals surface area (Å²) in [4.78, 5) is 37.3. The highest BCUT2D eigenvalue weighted by molar-refractivity contribution is 8.09. The van der Waals surface area contributed by atoms with Gasteiger partial charge in [0.1, 0.15) is 22.9 Å². The maximum absolute atomic E-state index is 15.6. The van der Waals surface area contributed by atoms with Gasteiger partial charge in [-0.1, -0.05) is 41.9 Å². The average molecular weight is 665 g/mol. The molecule has 0 aliphatic carbocycles. The first kappa shape index (κ1) is 33.3. The fourth-order valence-corrected chi connectivity index (χ4v) is 7.01. The molecule has 1 fully saturated rings. The minimum absolute atomic E-state index is 0.162. The van der Waals surface area contributed by atoms with E-state index in [9.17, 15) is 28.3 Å². The van der Waals surface area contributed by atoms with Crippen LogP contribution in [0.5, 0.6) is 5.75 Å². The minimum atomic E-state index is -3.97. The predicted octanol–water partition coefficient (Wildman–Crippen LogP) is 4.33. The largest absolute Gasteiger partial charge is 0.462 e. The Labute approximate surface area is 255 Å². The van der Waals surface area contributed by atoms with E-state index in [2.05, 4.69) is 5.09 Å². The lowest BCUT2D eigenvalue weighted by molar-refractivity contribution is -0.192. The zero-order chi connectivity index (χ0) is 31.7. The number of fused-ring (bicyclic) bond motifs is 1. The van der Waals surface area contributed by atoms with Crippen molar-refractivity contribution in [1.82, 2.24) is 9.99 Å². The molecule has 2 heterocycles. The molecule has 2 N–H and O–H groups in total. The van der Waals surface area contributed by atoms with E-state index in [0.717, 1.165) is 17.0 Å². The number of rotatable bonds is 11. The minimum Gasteiger partial charge on any atom is -0.462 e. The van der Waals surface area contributed by atoms with Crippen LogP contribution in [0.2, 0.25) is 0 Å². The first-order valence-electron chi connectivity index (χ1n) is 13.1. The number of nitrogens with one attached hydrogen (secondary N) is 1. The van der Waals surface area contributed by atoms with E-state index in [0.29, 0.717) is 4.90 Å². The number of amides is 1. The summed E-state index contributed by atoms with van der Waals surface area (Å²) < 4.78 is 66.9. The number of benzene rings is 2. The molecule has 1 unspecified atom stereocenters. The Kier molecular flexibility index (Phi) is 10.2. The molecule has 0 saturated carbocycles. The second-order valence-electron chi connectivity index (χ2n) is 10.2. The lowest BCUT2D eigenvalue weighted by Crippen LogP contribution is -2.51. The Balaban J connectivity index is 1.63. The molecule has 10 nitrogen and oxygen atoms in total. The zero-order valence-electron chi connectivity index (χ0n) is 23.1. The van der Waals surface area contributed by atoms with Crippen molar-refractivity contribution in [3.05, 3.63) is 53.7 Å². The molecule has 0 radical (unpaired) electrons. The van der Waals surface area contributed by atoms with Gasteiger partial charge in [-0.05, 0) is 55.5 Å². The van der Waals surface area contributed by atoms with Crippen molar-refractivity contribution in [2.24, 2.45) is 0 Å². The van der Waals surface area contributed by atoms with Crippen LogP contribution in [-0.4, -0.2) is 76.9 Å². The van der Waals surface area contributed by atoms with Gasteiger partial charge in [0.2, 0.25) is 5.91 Å². The quantitative estimate of drug-likeness (QED) is 0.204. The van der Waals surface area contributed by atoms with Gasteiger partial charge in [0, 0.05) is 6.20 Å². The summed E-state index contributed by atoms with van der Waals surface area (Å²) in [5.74, 6) is -2.26. The van der Waals surface area contributed by atoms with Crippen LogP contribution in [0.15, 0.2) is 53.7 Å². The summed E-state index contributed by atoms with van der Waals surface area (Å²) in [5, 5.41) is 14.4. The Bertz CT molecular complexity index is 1480. The molecule has 4 rings (SSSR count). The highest BCUT2D eigenvalue weighted by Crippen LogP contribution is 2.49. The molecule has 2 aliphatic heterocycles. The molecular weight excluding hydrogens is 636 g/mol. The normalized spacial score (nSPS) is 26.5. The number of aliphatic hydroxyl groups excluding tert-OH is 1. The maximum Gasteiger partial charge on any atom is 0.323 e. The number of carbonyl (C=O) groups excluding carboxylic acids is 3. The van der Waals surface area contributed by atoms with Gasteiger partial charge in [0.15, 0.2) is 23.8 Å². The topological polar surface area (TPSA) is 124 Å². The molecule has 234 valence electrons.